The molecule has 0 aliphatic carbocycles. The molecule has 0 spiro atoms. The summed E-state index contributed by atoms with van der Waals surface area (Å²) in [5, 5.41) is 9.89. The van der Waals surface area contributed by atoms with E-state index in [1.54, 1.807) is 22.8 Å². The number of hydrogen-bond acceptors (Lipinski definition) is 4. The summed E-state index contributed by atoms with van der Waals surface area (Å²) in [4.78, 5) is 17.2. The summed E-state index contributed by atoms with van der Waals surface area (Å²) < 4.78 is 1.69. The van der Waals surface area contributed by atoms with Crippen LogP contribution in [0.25, 0.3) is 0 Å². The van der Waals surface area contributed by atoms with E-state index < -0.39 is 0 Å². The van der Waals surface area contributed by atoms with E-state index in [0.29, 0.717) is 6.54 Å². The van der Waals surface area contributed by atoms with Crippen LogP contribution in [-0.2, 0) is 6.54 Å². The molecule has 6 nitrogen and oxygen atoms in total. The number of hydrogen-bond donors (Lipinski definition) is 2. The van der Waals surface area contributed by atoms with Crippen LogP contribution in [0.5, 0.6) is 0 Å². The lowest BCUT2D eigenvalue weighted by Crippen LogP contribution is -2.43. The molecule has 1 aromatic carbocycles. The van der Waals surface area contributed by atoms with Crippen molar-refractivity contribution in [2.24, 2.45) is 0 Å². The monoisotopic (exact) mass is 333 g/mol. The molecule has 7 heteroatoms. The van der Waals surface area contributed by atoms with Crippen LogP contribution in [0.1, 0.15) is 32.4 Å². The Morgan fingerprint density at radius 3 is 2.61 bits per heavy atom. The molecule has 1 aromatic heterocycles. The summed E-state index contributed by atoms with van der Waals surface area (Å²) >= 11 is 1.81. The zero-order valence-electron chi connectivity index (χ0n) is 13.7. The molecule has 1 heterocycles. The molecule has 0 saturated heterocycles. The zero-order valence-corrected chi connectivity index (χ0v) is 14.5. The van der Waals surface area contributed by atoms with Crippen LogP contribution < -0.4 is 10.6 Å². The molecule has 2 rings (SSSR count). The molecular weight excluding hydrogens is 310 g/mol. The quantitative estimate of drug-likeness (QED) is 0.764. The van der Waals surface area contributed by atoms with E-state index in [-0.39, 0.29) is 18.1 Å². The minimum Gasteiger partial charge on any atom is -0.334 e. The first-order chi connectivity index (χ1) is 11.1. The third kappa shape index (κ3) is 5.59. The van der Waals surface area contributed by atoms with E-state index >= 15 is 0 Å². The standard InChI is InChI=1S/C16H23N5OS/c1-4-23-15-7-5-14(6-8-15)13(3)20-16(22)19-12(2)9-21-11-17-10-18-21/h5-8,10-13H,4,9H2,1-3H3,(H2,19,20,22). The Kier molecular flexibility index (Phi) is 6.46. The molecular formula is C16H23N5OS. The van der Waals surface area contributed by atoms with Gasteiger partial charge in [-0.1, -0.05) is 19.1 Å². The van der Waals surface area contributed by atoms with Gasteiger partial charge in [0.2, 0.25) is 0 Å². The van der Waals surface area contributed by atoms with E-state index in [0.717, 1.165) is 11.3 Å². The summed E-state index contributed by atoms with van der Waals surface area (Å²) in [6.45, 7) is 6.63. The SMILES string of the molecule is CCSc1ccc(C(C)NC(=O)NC(C)Cn2cncn2)cc1. The normalized spacial score (nSPS) is 13.3. The maximum atomic E-state index is 12.1. The molecule has 2 amide bonds. The van der Waals surface area contributed by atoms with Crippen LogP contribution >= 0.6 is 11.8 Å². The summed E-state index contributed by atoms with van der Waals surface area (Å²) in [6.07, 6.45) is 3.12. The van der Waals surface area contributed by atoms with Crippen molar-refractivity contribution >= 4 is 17.8 Å². The Labute approximate surface area is 141 Å². The largest absolute Gasteiger partial charge is 0.334 e. The predicted octanol–water partition coefficient (Wildman–Crippen LogP) is 2.84. The number of thioether (sulfide) groups is 1. The second-order valence-corrected chi connectivity index (χ2v) is 6.70. The van der Waals surface area contributed by atoms with Crippen molar-refractivity contribution < 1.29 is 4.79 Å². The maximum absolute atomic E-state index is 12.1. The fourth-order valence-electron chi connectivity index (χ4n) is 2.22. The maximum Gasteiger partial charge on any atom is 0.315 e. The van der Waals surface area contributed by atoms with Gasteiger partial charge in [-0.05, 0) is 37.3 Å². The van der Waals surface area contributed by atoms with E-state index in [1.807, 2.05) is 13.8 Å². The smallest absolute Gasteiger partial charge is 0.315 e. The van der Waals surface area contributed by atoms with Crippen LogP contribution in [0.2, 0.25) is 0 Å². The minimum absolute atomic E-state index is 0.0350. The van der Waals surface area contributed by atoms with Gasteiger partial charge >= 0.3 is 6.03 Å². The predicted molar refractivity (Wildman–Crippen MR) is 92.4 cm³/mol. The van der Waals surface area contributed by atoms with Crippen molar-refractivity contribution in [2.75, 3.05) is 5.75 Å². The lowest BCUT2D eigenvalue weighted by molar-refractivity contribution is 0.233. The van der Waals surface area contributed by atoms with Crippen LogP contribution in [0.15, 0.2) is 41.8 Å². The molecule has 124 valence electrons. The van der Waals surface area contributed by atoms with Gasteiger partial charge in [0, 0.05) is 10.9 Å². The number of benzene rings is 1. The first kappa shape index (κ1) is 17.3. The van der Waals surface area contributed by atoms with Crippen LogP contribution in [0.3, 0.4) is 0 Å². The van der Waals surface area contributed by atoms with Crippen LogP contribution in [-0.4, -0.2) is 32.6 Å². The highest BCUT2D eigenvalue weighted by Crippen LogP contribution is 2.20. The zero-order chi connectivity index (χ0) is 16.7. The van der Waals surface area contributed by atoms with Gasteiger partial charge in [0.25, 0.3) is 0 Å². The first-order valence-electron chi connectivity index (χ1n) is 7.70. The third-order valence-corrected chi connectivity index (χ3v) is 4.24. The number of nitrogens with one attached hydrogen (secondary N) is 2. The minimum atomic E-state index is -0.183. The highest BCUT2D eigenvalue weighted by atomic mass is 32.2. The lowest BCUT2D eigenvalue weighted by atomic mass is 10.1. The number of nitrogens with zero attached hydrogens (tertiary/aromatic N) is 3. The van der Waals surface area contributed by atoms with Gasteiger partial charge in [0.1, 0.15) is 12.7 Å². The van der Waals surface area contributed by atoms with Crippen molar-refractivity contribution in [3.05, 3.63) is 42.5 Å². The van der Waals surface area contributed by atoms with Gasteiger partial charge in [-0.3, -0.25) is 4.68 Å². The van der Waals surface area contributed by atoms with Crippen LogP contribution in [0, 0.1) is 0 Å². The summed E-state index contributed by atoms with van der Waals surface area (Å²) in [6, 6.07) is 8.03. The van der Waals surface area contributed by atoms with Crippen molar-refractivity contribution in [1.82, 2.24) is 25.4 Å². The lowest BCUT2D eigenvalue weighted by Gasteiger charge is -2.18. The Morgan fingerprint density at radius 1 is 1.26 bits per heavy atom. The number of aromatic nitrogens is 3. The number of carbonyl (C=O) groups excluding carboxylic acids is 1. The molecule has 0 bridgehead atoms. The third-order valence-electron chi connectivity index (χ3n) is 3.34. The van der Waals surface area contributed by atoms with Gasteiger partial charge in [-0.25, -0.2) is 9.78 Å². The molecule has 0 radical (unpaired) electrons. The molecule has 0 saturated carbocycles. The molecule has 23 heavy (non-hydrogen) atoms. The van der Waals surface area contributed by atoms with Crippen molar-refractivity contribution in [3.63, 3.8) is 0 Å². The van der Waals surface area contributed by atoms with E-state index in [2.05, 4.69) is 51.9 Å². The summed E-state index contributed by atoms with van der Waals surface area (Å²) in [5.41, 5.74) is 1.09. The second-order valence-electron chi connectivity index (χ2n) is 5.36. The molecule has 0 aliphatic rings. The Bertz CT molecular complexity index is 599. The highest BCUT2D eigenvalue weighted by Gasteiger charge is 2.12. The van der Waals surface area contributed by atoms with Gasteiger partial charge < -0.3 is 10.6 Å². The molecule has 0 fully saturated rings. The average Bonchev–Trinajstić information content (AvgIpc) is 3.00. The summed E-state index contributed by atoms with van der Waals surface area (Å²) in [5.74, 6) is 1.05. The van der Waals surface area contributed by atoms with Gasteiger partial charge in [0.15, 0.2) is 0 Å². The van der Waals surface area contributed by atoms with Crippen LogP contribution in [0.4, 0.5) is 4.79 Å². The summed E-state index contributed by atoms with van der Waals surface area (Å²) in [7, 11) is 0. The number of amides is 2. The topological polar surface area (TPSA) is 71.8 Å². The number of rotatable bonds is 7. The Morgan fingerprint density at radius 2 is 2.00 bits per heavy atom. The van der Waals surface area contributed by atoms with Gasteiger partial charge in [-0.15, -0.1) is 11.8 Å². The molecule has 2 unspecified atom stereocenters. The fraction of sp³-hybridized carbons (Fsp3) is 0.438. The fourth-order valence-corrected chi connectivity index (χ4v) is 2.88. The van der Waals surface area contributed by atoms with Crippen molar-refractivity contribution in [3.8, 4) is 0 Å². The van der Waals surface area contributed by atoms with Crippen molar-refractivity contribution in [1.29, 1.82) is 0 Å². The van der Waals surface area contributed by atoms with E-state index in [9.17, 15) is 4.79 Å². The average molecular weight is 333 g/mol. The van der Waals surface area contributed by atoms with E-state index in [4.69, 9.17) is 0 Å². The molecule has 2 atom stereocenters. The Hall–Kier alpha value is -2.02. The second kappa shape index (κ2) is 8.57. The highest BCUT2D eigenvalue weighted by molar-refractivity contribution is 7.99. The molecule has 0 aliphatic heterocycles. The van der Waals surface area contributed by atoms with Gasteiger partial charge in [-0.2, -0.15) is 5.10 Å². The first-order valence-corrected chi connectivity index (χ1v) is 8.69. The number of urea groups is 1. The van der Waals surface area contributed by atoms with Crippen molar-refractivity contribution in [2.45, 2.75) is 44.3 Å². The molecule has 2 N–H and O–H groups in total. The molecule has 2 aromatic rings. The van der Waals surface area contributed by atoms with Gasteiger partial charge in [0.05, 0.1) is 12.6 Å². The number of carbonyl (C=O) groups is 1. The van der Waals surface area contributed by atoms with E-state index in [1.165, 1.54) is 11.2 Å². The Balaban J connectivity index is 1.81.